The average molecular weight is 249 g/mol. The molecule has 0 saturated heterocycles. The second-order valence-corrected chi connectivity index (χ2v) is 3.35. The number of aryl methyl sites for hydroxylation is 1. The highest BCUT2D eigenvalue weighted by atomic mass is 14.8. The molecule has 0 unspecified atom stereocenters. The molecule has 3 nitrogen and oxygen atoms in total. The van der Waals surface area contributed by atoms with Crippen molar-refractivity contribution in [2.45, 2.75) is 53.9 Å². The zero-order chi connectivity index (χ0) is 14.1. The first-order valence-electron chi connectivity index (χ1n) is 6.70. The van der Waals surface area contributed by atoms with Gasteiger partial charge in [0.05, 0.1) is 0 Å². The maximum absolute atomic E-state index is 3.87. The van der Waals surface area contributed by atoms with E-state index in [2.05, 4.69) is 34.9 Å². The third kappa shape index (κ3) is 16.9. The van der Waals surface area contributed by atoms with Crippen molar-refractivity contribution in [2.75, 3.05) is 0 Å². The standard InChI is InChI=1S/C5H6N2.C5H7N.C3H8.C2H6/c1-5-2-3-6-4-7-5;1-2-4-6-5-3-1;1-3-2;1-2/h2-4H,1H3;2,4-5H,1,3H2;3H2,1-2H3;1-2H3. The summed E-state index contributed by atoms with van der Waals surface area (Å²) in [4.78, 5) is 11.5. The molecule has 0 atom stereocenters. The van der Waals surface area contributed by atoms with Crippen LogP contribution in [0, 0.1) is 6.92 Å². The van der Waals surface area contributed by atoms with Gasteiger partial charge in [-0.25, -0.2) is 9.97 Å². The van der Waals surface area contributed by atoms with Crippen LogP contribution in [0.2, 0.25) is 0 Å². The van der Waals surface area contributed by atoms with Gasteiger partial charge < -0.3 is 0 Å². The summed E-state index contributed by atoms with van der Waals surface area (Å²) in [6.07, 6.45) is 12.6. The number of allylic oxidation sites excluding steroid dienone is 1. The van der Waals surface area contributed by atoms with Crippen molar-refractivity contribution < 1.29 is 0 Å². The number of hydrogen-bond donors (Lipinski definition) is 0. The van der Waals surface area contributed by atoms with Gasteiger partial charge in [-0.15, -0.1) is 0 Å². The third-order valence-electron chi connectivity index (χ3n) is 1.49. The highest BCUT2D eigenvalue weighted by Gasteiger charge is 1.78. The maximum Gasteiger partial charge on any atom is 0.115 e. The van der Waals surface area contributed by atoms with Gasteiger partial charge in [0.25, 0.3) is 0 Å². The van der Waals surface area contributed by atoms with Gasteiger partial charge in [-0.05, 0) is 25.8 Å². The first kappa shape index (κ1) is 18.8. The lowest BCUT2D eigenvalue weighted by Crippen LogP contribution is -1.77. The molecule has 0 amide bonds. The van der Waals surface area contributed by atoms with E-state index in [0.717, 1.165) is 12.1 Å². The summed E-state index contributed by atoms with van der Waals surface area (Å²) in [5.74, 6) is 0. The summed E-state index contributed by atoms with van der Waals surface area (Å²) >= 11 is 0. The highest BCUT2D eigenvalue weighted by molar-refractivity contribution is 5.59. The second kappa shape index (κ2) is 17.9. The molecule has 102 valence electrons. The van der Waals surface area contributed by atoms with E-state index in [1.165, 1.54) is 19.2 Å². The monoisotopic (exact) mass is 249 g/mol. The summed E-state index contributed by atoms with van der Waals surface area (Å²) in [7, 11) is 0. The van der Waals surface area contributed by atoms with Crippen molar-refractivity contribution >= 4 is 6.21 Å². The van der Waals surface area contributed by atoms with Crippen molar-refractivity contribution in [3.05, 3.63) is 36.6 Å². The Morgan fingerprint density at radius 2 is 1.83 bits per heavy atom. The molecule has 1 aromatic rings. The van der Waals surface area contributed by atoms with Crippen molar-refractivity contribution in [3.8, 4) is 0 Å². The Morgan fingerprint density at radius 3 is 2.00 bits per heavy atom. The lowest BCUT2D eigenvalue weighted by molar-refractivity contribution is 1.08. The molecule has 1 aliphatic heterocycles. The molecule has 18 heavy (non-hydrogen) atoms. The number of hydrogen-bond acceptors (Lipinski definition) is 3. The third-order valence-corrected chi connectivity index (χ3v) is 1.49. The van der Waals surface area contributed by atoms with Gasteiger partial charge in [-0.3, -0.25) is 4.99 Å². The van der Waals surface area contributed by atoms with Crippen LogP contribution in [0.1, 0.15) is 52.7 Å². The van der Waals surface area contributed by atoms with Crippen LogP contribution in [0.25, 0.3) is 0 Å². The van der Waals surface area contributed by atoms with E-state index in [1.807, 2.05) is 39.3 Å². The summed E-state index contributed by atoms with van der Waals surface area (Å²) in [5.41, 5.74) is 1.01. The topological polar surface area (TPSA) is 38.1 Å². The van der Waals surface area contributed by atoms with Crippen molar-refractivity contribution in [1.82, 2.24) is 9.97 Å². The van der Waals surface area contributed by atoms with Gasteiger partial charge in [0.15, 0.2) is 0 Å². The molecule has 0 fully saturated rings. The molecular formula is C15H27N3. The van der Waals surface area contributed by atoms with Crippen molar-refractivity contribution in [1.29, 1.82) is 0 Å². The molecule has 0 bridgehead atoms. The normalized spacial score (nSPS) is 10.9. The molecule has 1 aromatic heterocycles. The number of nitrogens with zero attached hydrogens (tertiary/aromatic N) is 3. The van der Waals surface area contributed by atoms with Crippen LogP contribution in [0.15, 0.2) is 35.9 Å². The molecular weight excluding hydrogens is 222 g/mol. The zero-order valence-electron chi connectivity index (χ0n) is 12.4. The first-order valence-corrected chi connectivity index (χ1v) is 6.70. The van der Waals surface area contributed by atoms with E-state index in [4.69, 9.17) is 0 Å². The molecule has 0 spiro atoms. The van der Waals surface area contributed by atoms with Gasteiger partial charge in [0, 0.05) is 24.3 Å². The fourth-order valence-electron chi connectivity index (χ4n) is 0.798. The van der Waals surface area contributed by atoms with Gasteiger partial charge in [-0.2, -0.15) is 0 Å². The number of rotatable bonds is 0. The largest absolute Gasteiger partial charge is 0.269 e. The Labute approximate surface area is 112 Å². The van der Waals surface area contributed by atoms with Crippen LogP contribution in [0.3, 0.4) is 0 Å². The van der Waals surface area contributed by atoms with Gasteiger partial charge >= 0.3 is 0 Å². The van der Waals surface area contributed by atoms with Crippen LogP contribution < -0.4 is 0 Å². The highest BCUT2D eigenvalue weighted by Crippen LogP contribution is 1.92. The Morgan fingerprint density at radius 1 is 1.17 bits per heavy atom. The summed E-state index contributed by atoms with van der Waals surface area (Å²) in [6.45, 7) is 10.2. The summed E-state index contributed by atoms with van der Waals surface area (Å²) in [6, 6.07) is 1.86. The van der Waals surface area contributed by atoms with Crippen LogP contribution in [0.4, 0.5) is 0 Å². The quantitative estimate of drug-likeness (QED) is 0.674. The lowest BCUT2D eigenvalue weighted by atomic mass is 10.3. The van der Waals surface area contributed by atoms with E-state index in [1.54, 1.807) is 6.20 Å². The summed E-state index contributed by atoms with van der Waals surface area (Å²) < 4.78 is 0. The van der Waals surface area contributed by atoms with E-state index in [9.17, 15) is 0 Å². The fourth-order valence-corrected chi connectivity index (χ4v) is 0.798. The molecule has 1 aliphatic rings. The predicted octanol–water partition coefficient (Wildman–Crippen LogP) is 4.59. The Balaban J connectivity index is 0. The zero-order valence-corrected chi connectivity index (χ0v) is 12.4. The minimum atomic E-state index is 1.01. The first-order chi connectivity index (χ1) is 8.81. The smallest absolute Gasteiger partial charge is 0.115 e. The molecule has 2 heterocycles. The van der Waals surface area contributed by atoms with Gasteiger partial charge in [0.1, 0.15) is 6.33 Å². The van der Waals surface area contributed by atoms with Crippen LogP contribution in [-0.4, -0.2) is 16.2 Å². The van der Waals surface area contributed by atoms with Gasteiger partial charge in [0.2, 0.25) is 0 Å². The van der Waals surface area contributed by atoms with Gasteiger partial charge in [-0.1, -0.05) is 40.2 Å². The van der Waals surface area contributed by atoms with Crippen molar-refractivity contribution in [3.63, 3.8) is 0 Å². The predicted molar refractivity (Wildman–Crippen MR) is 80.9 cm³/mol. The summed E-state index contributed by atoms with van der Waals surface area (Å²) in [5, 5.41) is 0. The average Bonchev–Trinajstić information content (AvgIpc) is 2.45. The van der Waals surface area contributed by atoms with E-state index >= 15 is 0 Å². The second-order valence-electron chi connectivity index (χ2n) is 3.35. The molecule has 2 rings (SSSR count). The van der Waals surface area contributed by atoms with E-state index < -0.39 is 0 Å². The van der Waals surface area contributed by atoms with E-state index in [-0.39, 0.29) is 0 Å². The molecule has 0 saturated carbocycles. The molecule has 0 aliphatic carbocycles. The Hall–Kier alpha value is -1.51. The van der Waals surface area contributed by atoms with Crippen LogP contribution in [0.5, 0.6) is 0 Å². The number of aromatic nitrogens is 2. The Kier molecular flexibility index (Phi) is 18.7. The SMILES string of the molecule is C1=CN=CCC1.CC.CCC.Cc1ccncn1. The maximum atomic E-state index is 3.87. The van der Waals surface area contributed by atoms with E-state index in [0.29, 0.717) is 0 Å². The van der Waals surface area contributed by atoms with Crippen LogP contribution >= 0.6 is 0 Å². The van der Waals surface area contributed by atoms with Crippen molar-refractivity contribution in [2.24, 2.45) is 4.99 Å². The minimum absolute atomic E-state index is 1.01. The van der Waals surface area contributed by atoms with Crippen LogP contribution in [-0.2, 0) is 0 Å². The fraction of sp³-hybridized carbons (Fsp3) is 0.533. The number of aliphatic imine (C=N–C) groups is 1. The molecule has 0 radical (unpaired) electrons. The minimum Gasteiger partial charge on any atom is -0.269 e. The Bertz CT molecular complexity index is 280. The molecule has 3 heteroatoms. The lowest BCUT2D eigenvalue weighted by Gasteiger charge is -1.87. The molecule has 0 N–H and O–H groups in total. The molecule has 0 aromatic carbocycles.